The van der Waals surface area contributed by atoms with Crippen LogP contribution in [0.15, 0.2) is 23.1 Å². The van der Waals surface area contributed by atoms with E-state index in [0.29, 0.717) is 0 Å². The van der Waals surface area contributed by atoms with Gasteiger partial charge in [0.1, 0.15) is 0 Å². The molecule has 1 aromatic carbocycles. The first-order valence-corrected chi connectivity index (χ1v) is 6.16. The molecule has 0 bridgehead atoms. The topological polar surface area (TPSA) is 26.0 Å². The summed E-state index contributed by atoms with van der Waals surface area (Å²) < 4.78 is 0. The standard InChI is InChI=1S/C12H17NS/c1-9-6-10(13)8-12(7-9)14-11-4-2-3-5-11/h6-8,11H,2-5,13H2,1H3. The van der Waals surface area contributed by atoms with Crippen LogP contribution in [0.2, 0.25) is 0 Å². The first-order valence-electron chi connectivity index (χ1n) is 5.28. The number of hydrogen-bond acceptors (Lipinski definition) is 2. The normalized spacial score (nSPS) is 17.5. The van der Waals surface area contributed by atoms with Crippen LogP contribution >= 0.6 is 11.8 Å². The van der Waals surface area contributed by atoms with E-state index < -0.39 is 0 Å². The number of nitrogens with two attached hydrogens (primary N) is 1. The van der Waals surface area contributed by atoms with Gasteiger partial charge in [0.05, 0.1) is 0 Å². The first-order chi connectivity index (χ1) is 6.74. The molecule has 0 aromatic heterocycles. The SMILES string of the molecule is Cc1cc(N)cc(SC2CCCC2)c1. The first kappa shape index (κ1) is 9.91. The molecule has 0 amide bonds. The Hall–Kier alpha value is -0.630. The van der Waals surface area contributed by atoms with E-state index in [1.165, 1.54) is 36.1 Å². The lowest BCUT2D eigenvalue weighted by atomic mass is 10.2. The van der Waals surface area contributed by atoms with E-state index in [1.807, 2.05) is 17.8 Å². The van der Waals surface area contributed by atoms with Crippen LogP contribution in [0.25, 0.3) is 0 Å². The van der Waals surface area contributed by atoms with Gasteiger partial charge in [0, 0.05) is 15.8 Å². The number of benzene rings is 1. The van der Waals surface area contributed by atoms with Gasteiger partial charge >= 0.3 is 0 Å². The number of nitrogen functional groups attached to an aromatic ring is 1. The molecule has 0 saturated heterocycles. The van der Waals surface area contributed by atoms with Gasteiger partial charge in [0.15, 0.2) is 0 Å². The van der Waals surface area contributed by atoms with Crippen LogP contribution in [0, 0.1) is 6.92 Å². The van der Waals surface area contributed by atoms with Crippen molar-refractivity contribution in [3.8, 4) is 0 Å². The highest BCUT2D eigenvalue weighted by atomic mass is 32.2. The van der Waals surface area contributed by atoms with Gasteiger partial charge < -0.3 is 5.73 Å². The molecule has 0 unspecified atom stereocenters. The van der Waals surface area contributed by atoms with Gasteiger partial charge in [-0.05, 0) is 43.5 Å². The molecule has 0 heterocycles. The summed E-state index contributed by atoms with van der Waals surface area (Å²) in [5, 5.41) is 0.830. The van der Waals surface area contributed by atoms with E-state index >= 15 is 0 Å². The van der Waals surface area contributed by atoms with E-state index in [9.17, 15) is 0 Å². The highest BCUT2D eigenvalue weighted by Crippen LogP contribution is 2.35. The Morgan fingerprint density at radius 1 is 1.21 bits per heavy atom. The largest absolute Gasteiger partial charge is 0.399 e. The second kappa shape index (κ2) is 4.26. The monoisotopic (exact) mass is 207 g/mol. The quantitative estimate of drug-likeness (QED) is 0.750. The molecule has 1 aromatic rings. The van der Waals surface area contributed by atoms with Crippen LogP contribution in [0.5, 0.6) is 0 Å². The van der Waals surface area contributed by atoms with Crippen molar-refractivity contribution in [3.05, 3.63) is 23.8 Å². The minimum absolute atomic E-state index is 0.830. The van der Waals surface area contributed by atoms with Crippen molar-refractivity contribution in [2.75, 3.05) is 5.73 Å². The minimum Gasteiger partial charge on any atom is -0.399 e. The van der Waals surface area contributed by atoms with Crippen LogP contribution < -0.4 is 5.73 Å². The molecular formula is C12H17NS. The molecule has 1 aliphatic carbocycles. The summed E-state index contributed by atoms with van der Waals surface area (Å²) >= 11 is 2.00. The van der Waals surface area contributed by atoms with Gasteiger partial charge in [-0.2, -0.15) is 0 Å². The summed E-state index contributed by atoms with van der Waals surface area (Å²) in [6.07, 6.45) is 5.55. The lowest BCUT2D eigenvalue weighted by Gasteiger charge is -2.09. The molecule has 2 rings (SSSR count). The second-order valence-corrected chi connectivity index (χ2v) is 5.48. The molecule has 2 heteroatoms. The van der Waals surface area contributed by atoms with Gasteiger partial charge in [0.25, 0.3) is 0 Å². The number of aryl methyl sites for hydroxylation is 1. The fourth-order valence-electron chi connectivity index (χ4n) is 2.04. The average molecular weight is 207 g/mol. The Kier molecular flexibility index (Phi) is 3.02. The molecule has 0 atom stereocenters. The number of hydrogen-bond donors (Lipinski definition) is 1. The van der Waals surface area contributed by atoms with Gasteiger partial charge in [-0.3, -0.25) is 0 Å². The molecule has 1 fully saturated rings. The molecule has 2 N–H and O–H groups in total. The van der Waals surface area contributed by atoms with Crippen LogP contribution in [0.3, 0.4) is 0 Å². The van der Waals surface area contributed by atoms with Crippen molar-refractivity contribution < 1.29 is 0 Å². The third-order valence-electron chi connectivity index (χ3n) is 2.68. The van der Waals surface area contributed by atoms with Crippen molar-refractivity contribution >= 4 is 17.4 Å². The Balaban J connectivity index is 2.07. The third kappa shape index (κ3) is 2.44. The fourth-order valence-corrected chi connectivity index (χ4v) is 3.46. The summed E-state index contributed by atoms with van der Waals surface area (Å²) in [5.41, 5.74) is 7.98. The van der Waals surface area contributed by atoms with Crippen LogP contribution in [0.4, 0.5) is 5.69 Å². The summed E-state index contributed by atoms with van der Waals surface area (Å²) in [6, 6.07) is 6.36. The summed E-state index contributed by atoms with van der Waals surface area (Å²) in [6.45, 7) is 2.11. The molecular weight excluding hydrogens is 190 g/mol. The minimum atomic E-state index is 0.830. The Labute approximate surface area is 90.1 Å². The Morgan fingerprint density at radius 3 is 2.57 bits per heavy atom. The van der Waals surface area contributed by atoms with Crippen LogP contribution in [-0.2, 0) is 0 Å². The maximum atomic E-state index is 5.82. The van der Waals surface area contributed by atoms with Crippen molar-refractivity contribution in [1.29, 1.82) is 0 Å². The zero-order valence-electron chi connectivity index (χ0n) is 8.62. The molecule has 76 valence electrons. The second-order valence-electron chi connectivity index (χ2n) is 4.10. The maximum absolute atomic E-state index is 5.82. The highest BCUT2D eigenvalue weighted by molar-refractivity contribution is 8.00. The average Bonchev–Trinajstić information content (AvgIpc) is 2.54. The number of thioether (sulfide) groups is 1. The highest BCUT2D eigenvalue weighted by Gasteiger charge is 2.16. The van der Waals surface area contributed by atoms with Gasteiger partial charge in [0.2, 0.25) is 0 Å². The smallest absolute Gasteiger partial charge is 0.0327 e. The molecule has 14 heavy (non-hydrogen) atoms. The van der Waals surface area contributed by atoms with Gasteiger partial charge in [-0.25, -0.2) is 0 Å². The molecule has 1 nitrogen and oxygen atoms in total. The van der Waals surface area contributed by atoms with E-state index in [1.54, 1.807) is 0 Å². The predicted molar refractivity (Wildman–Crippen MR) is 63.7 cm³/mol. The van der Waals surface area contributed by atoms with Crippen LogP contribution in [-0.4, -0.2) is 5.25 Å². The molecule has 1 saturated carbocycles. The van der Waals surface area contributed by atoms with Crippen molar-refractivity contribution in [2.45, 2.75) is 42.8 Å². The van der Waals surface area contributed by atoms with Gasteiger partial charge in [-0.15, -0.1) is 11.8 Å². The van der Waals surface area contributed by atoms with E-state index in [4.69, 9.17) is 5.73 Å². The zero-order valence-corrected chi connectivity index (χ0v) is 9.44. The van der Waals surface area contributed by atoms with Gasteiger partial charge in [-0.1, -0.05) is 12.8 Å². The van der Waals surface area contributed by atoms with E-state index in [2.05, 4.69) is 19.1 Å². The summed E-state index contributed by atoms with van der Waals surface area (Å²) in [5.74, 6) is 0. The molecule has 1 aliphatic rings. The zero-order chi connectivity index (χ0) is 9.97. The maximum Gasteiger partial charge on any atom is 0.0327 e. The van der Waals surface area contributed by atoms with Crippen LogP contribution in [0.1, 0.15) is 31.2 Å². The third-order valence-corrected chi connectivity index (χ3v) is 3.99. The molecule has 0 spiro atoms. The van der Waals surface area contributed by atoms with E-state index in [0.717, 1.165) is 10.9 Å². The van der Waals surface area contributed by atoms with Crippen molar-refractivity contribution in [1.82, 2.24) is 0 Å². The lowest BCUT2D eigenvalue weighted by Crippen LogP contribution is -1.94. The number of rotatable bonds is 2. The number of anilines is 1. The van der Waals surface area contributed by atoms with Crippen molar-refractivity contribution in [3.63, 3.8) is 0 Å². The fraction of sp³-hybridized carbons (Fsp3) is 0.500. The summed E-state index contributed by atoms with van der Waals surface area (Å²) in [4.78, 5) is 1.34. The van der Waals surface area contributed by atoms with E-state index in [-0.39, 0.29) is 0 Å². The predicted octanol–water partition coefficient (Wildman–Crippen LogP) is 3.61. The Bertz CT molecular complexity index is 296. The summed E-state index contributed by atoms with van der Waals surface area (Å²) in [7, 11) is 0. The van der Waals surface area contributed by atoms with Crippen molar-refractivity contribution in [2.24, 2.45) is 0 Å². The Morgan fingerprint density at radius 2 is 1.93 bits per heavy atom. The lowest BCUT2D eigenvalue weighted by molar-refractivity contribution is 0.886. The molecule has 0 aliphatic heterocycles. The molecule has 0 radical (unpaired) electrons.